The first-order chi connectivity index (χ1) is 11.6. The fourth-order valence-electron chi connectivity index (χ4n) is 3.05. The standard InChI is InChI=1S/C17H20N4O2S/c1-20-10-8-18-15(20)14(22)12-5-4-9-21(11-12)17(23)13-6-3-7-19-16(13)24-2/h3,6-8,10,12H,4-5,9,11H2,1-2H3/t12-/m1/s1. The van der Waals surface area contributed by atoms with Crippen LogP contribution in [0.15, 0.2) is 35.7 Å². The lowest BCUT2D eigenvalue weighted by atomic mass is 9.93. The van der Waals surface area contributed by atoms with Crippen LogP contribution in [0.1, 0.15) is 33.8 Å². The van der Waals surface area contributed by atoms with Gasteiger partial charge in [-0.05, 0) is 31.2 Å². The number of ketones is 1. The maximum Gasteiger partial charge on any atom is 0.256 e. The molecule has 0 saturated carbocycles. The van der Waals surface area contributed by atoms with Crippen LogP contribution >= 0.6 is 11.8 Å². The van der Waals surface area contributed by atoms with E-state index in [2.05, 4.69) is 9.97 Å². The van der Waals surface area contributed by atoms with Gasteiger partial charge in [0.05, 0.1) is 5.56 Å². The number of carbonyl (C=O) groups is 2. The predicted molar refractivity (Wildman–Crippen MR) is 92.2 cm³/mol. The third kappa shape index (κ3) is 3.21. The minimum Gasteiger partial charge on any atom is -0.338 e. The average molecular weight is 344 g/mol. The minimum absolute atomic E-state index is 0.0104. The van der Waals surface area contributed by atoms with E-state index in [4.69, 9.17) is 0 Å². The van der Waals surface area contributed by atoms with E-state index in [1.807, 2.05) is 13.3 Å². The lowest BCUT2D eigenvalue weighted by molar-refractivity contribution is 0.0629. The molecule has 0 radical (unpaired) electrons. The van der Waals surface area contributed by atoms with Crippen molar-refractivity contribution < 1.29 is 9.59 Å². The Bertz CT molecular complexity index is 759. The summed E-state index contributed by atoms with van der Waals surface area (Å²) in [6.07, 6.45) is 8.59. The maximum atomic E-state index is 12.8. The van der Waals surface area contributed by atoms with Gasteiger partial charge in [-0.3, -0.25) is 9.59 Å². The third-order valence-electron chi connectivity index (χ3n) is 4.32. The van der Waals surface area contributed by atoms with E-state index in [0.717, 1.165) is 17.9 Å². The summed E-state index contributed by atoms with van der Waals surface area (Å²) >= 11 is 1.46. The summed E-state index contributed by atoms with van der Waals surface area (Å²) in [4.78, 5) is 35.7. The van der Waals surface area contributed by atoms with E-state index in [9.17, 15) is 9.59 Å². The molecule has 3 rings (SSSR count). The molecule has 1 fully saturated rings. The van der Waals surface area contributed by atoms with Gasteiger partial charge < -0.3 is 9.47 Å². The van der Waals surface area contributed by atoms with Crippen LogP contribution in [0.4, 0.5) is 0 Å². The van der Waals surface area contributed by atoms with Crippen molar-refractivity contribution >= 4 is 23.5 Å². The molecule has 7 heteroatoms. The zero-order valence-corrected chi connectivity index (χ0v) is 14.6. The number of aromatic nitrogens is 3. The van der Waals surface area contributed by atoms with E-state index in [1.165, 1.54) is 11.8 Å². The molecule has 2 aromatic rings. The van der Waals surface area contributed by atoms with Crippen LogP contribution in [0.3, 0.4) is 0 Å². The van der Waals surface area contributed by atoms with E-state index < -0.39 is 0 Å². The summed E-state index contributed by atoms with van der Waals surface area (Å²) in [5.74, 6) is 0.222. The lowest BCUT2D eigenvalue weighted by Crippen LogP contribution is -2.43. The second-order valence-electron chi connectivity index (χ2n) is 5.88. The monoisotopic (exact) mass is 344 g/mol. The molecule has 1 amide bonds. The Morgan fingerprint density at radius 1 is 1.29 bits per heavy atom. The van der Waals surface area contributed by atoms with Crippen LogP contribution in [0.25, 0.3) is 0 Å². The van der Waals surface area contributed by atoms with Crippen LogP contribution in [-0.2, 0) is 7.05 Å². The van der Waals surface area contributed by atoms with Gasteiger partial charge in [-0.15, -0.1) is 11.8 Å². The molecular formula is C17H20N4O2S. The number of carbonyl (C=O) groups excluding carboxylic acids is 2. The van der Waals surface area contributed by atoms with E-state index in [1.54, 1.807) is 40.2 Å². The van der Waals surface area contributed by atoms with Crippen molar-refractivity contribution in [1.82, 2.24) is 19.4 Å². The highest BCUT2D eigenvalue weighted by Crippen LogP contribution is 2.24. The number of pyridine rings is 1. The Balaban J connectivity index is 1.77. The summed E-state index contributed by atoms with van der Waals surface area (Å²) in [5, 5.41) is 0.722. The Hall–Kier alpha value is -2.15. The van der Waals surface area contributed by atoms with Crippen LogP contribution in [-0.4, -0.2) is 50.5 Å². The van der Waals surface area contributed by atoms with Gasteiger partial charge in [-0.2, -0.15) is 0 Å². The summed E-state index contributed by atoms with van der Waals surface area (Å²) in [7, 11) is 1.81. The molecule has 2 aromatic heterocycles. The number of hydrogen-bond acceptors (Lipinski definition) is 5. The van der Waals surface area contributed by atoms with Crippen molar-refractivity contribution in [3.8, 4) is 0 Å². The molecule has 0 aliphatic carbocycles. The second kappa shape index (κ2) is 7.17. The van der Waals surface area contributed by atoms with Gasteiger partial charge in [-0.25, -0.2) is 9.97 Å². The molecule has 126 valence electrons. The molecule has 1 aliphatic rings. The zero-order chi connectivity index (χ0) is 17.1. The molecule has 1 aliphatic heterocycles. The molecular weight excluding hydrogens is 324 g/mol. The van der Waals surface area contributed by atoms with E-state index in [-0.39, 0.29) is 17.6 Å². The second-order valence-corrected chi connectivity index (χ2v) is 6.67. The van der Waals surface area contributed by atoms with Gasteiger partial charge in [0.1, 0.15) is 5.03 Å². The quantitative estimate of drug-likeness (QED) is 0.629. The molecule has 0 aromatic carbocycles. The summed E-state index contributed by atoms with van der Waals surface area (Å²) in [6, 6.07) is 3.57. The number of nitrogens with zero attached hydrogens (tertiary/aromatic N) is 4. The molecule has 0 spiro atoms. The van der Waals surface area contributed by atoms with Crippen molar-refractivity contribution in [3.05, 3.63) is 42.1 Å². The number of imidazole rings is 1. The van der Waals surface area contributed by atoms with Crippen LogP contribution in [0.2, 0.25) is 0 Å². The van der Waals surface area contributed by atoms with Gasteiger partial charge in [-0.1, -0.05) is 0 Å². The van der Waals surface area contributed by atoms with Crippen molar-refractivity contribution in [2.75, 3.05) is 19.3 Å². The molecule has 1 saturated heterocycles. The Morgan fingerprint density at radius 3 is 2.83 bits per heavy atom. The molecule has 6 nitrogen and oxygen atoms in total. The topological polar surface area (TPSA) is 68.1 Å². The van der Waals surface area contributed by atoms with Crippen LogP contribution in [0, 0.1) is 5.92 Å². The van der Waals surface area contributed by atoms with Crippen molar-refractivity contribution in [1.29, 1.82) is 0 Å². The van der Waals surface area contributed by atoms with Crippen molar-refractivity contribution in [3.63, 3.8) is 0 Å². The molecule has 1 atom stereocenters. The maximum absolute atomic E-state index is 12.8. The SMILES string of the molecule is CSc1ncccc1C(=O)N1CCC[C@@H](C(=O)c2nccn2C)C1. The summed E-state index contributed by atoms with van der Waals surface area (Å²) in [6.45, 7) is 1.11. The van der Waals surface area contributed by atoms with Crippen molar-refractivity contribution in [2.45, 2.75) is 17.9 Å². The summed E-state index contributed by atoms with van der Waals surface area (Å²) < 4.78 is 1.73. The first kappa shape index (κ1) is 16.7. The zero-order valence-electron chi connectivity index (χ0n) is 13.8. The molecule has 3 heterocycles. The fraction of sp³-hybridized carbons (Fsp3) is 0.412. The molecule has 24 heavy (non-hydrogen) atoms. The smallest absolute Gasteiger partial charge is 0.256 e. The highest BCUT2D eigenvalue weighted by molar-refractivity contribution is 7.98. The number of hydrogen-bond donors (Lipinski definition) is 0. The minimum atomic E-state index is -0.196. The molecule has 0 bridgehead atoms. The van der Waals surface area contributed by atoms with E-state index >= 15 is 0 Å². The average Bonchev–Trinajstić information content (AvgIpc) is 3.06. The predicted octanol–water partition coefficient (Wildman–Crippen LogP) is 2.27. The Kier molecular flexibility index (Phi) is 4.99. The molecule has 0 unspecified atom stereocenters. The van der Waals surface area contributed by atoms with Gasteiger partial charge in [0, 0.05) is 44.6 Å². The van der Waals surface area contributed by atoms with Crippen molar-refractivity contribution in [2.24, 2.45) is 13.0 Å². The van der Waals surface area contributed by atoms with Gasteiger partial charge in [0.25, 0.3) is 5.91 Å². The number of Topliss-reactive ketones (excluding diaryl/α,β-unsaturated/α-hetero) is 1. The highest BCUT2D eigenvalue weighted by Gasteiger charge is 2.31. The molecule has 0 N–H and O–H groups in total. The van der Waals surface area contributed by atoms with Crippen LogP contribution < -0.4 is 0 Å². The first-order valence-corrected chi connectivity index (χ1v) is 9.14. The number of piperidine rings is 1. The number of rotatable bonds is 4. The largest absolute Gasteiger partial charge is 0.338 e. The number of thioether (sulfide) groups is 1. The first-order valence-electron chi connectivity index (χ1n) is 7.91. The number of amides is 1. The number of likely N-dealkylation sites (tertiary alicyclic amines) is 1. The fourth-order valence-corrected chi connectivity index (χ4v) is 3.59. The summed E-state index contributed by atoms with van der Waals surface area (Å²) in [5.41, 5.74) is 0.607. The third-order valence-corrected chi connectivity index (χ3v) is 5.03. The van der Waals surface area contributed by atoms with Crippen LogP contribution in [0.5, 0.6) is 0 Å². The Labute approximate surface area is 145 Å². The van der Waals surface area contributed by atoms with Gasteiger partial charge in [0.15, 0.2) is 5.82 Å². The van der Waals surface area contributed by atoms with Gasteiger partial charge in [0.2, 0.25) is 5.78 Å². The Morgan fingerprint density at radius 2 is 2.12 bits per heavy atom. The van der Waals surface area contributed by atoms with E-state index in [0.29, 0.717) is 24.5 Å². The lowest BCUT2D eigenvalue weighted by Gasteiger charge is -2.32. The normalized spacial score (nSPS) is 17.8. The number of aryl methyl sites for hydroxylation is 1. The highest BCUT2D eigenvalue weighted by atomic mass is 32.2. The van der Waals surface area contributed by atoms with Gasteiger partial charge >= 0.3 is 0 Å².